The standard InChI is InChI=1S/C27H33N5O4/c1-6-18-7-8-20(17(2)24(18)35-5)30-25-19-13-22(23(34-4)14-21(19)28-16-29-25)32-15-27(36-26(32)33)9-11-31(3)12-10-27/h7-8,13-14,16H,6,9-12,15H2,1-5H3,(H,28,29,30). The first-order valence-electron chi connectivity index (χ1n) is 12.3. The molecule has 36 heavy (non-hydrogen) atoms. The topological polar surface area (TPSA) is 89.1 Å². The van der Waals surface area contributed by atoms with E-state index in [2.05, 4.69) is 40.2 Å². The SMILES string of the molecule is CCc1ccc(Nc2ncnc3cc(OC)c(N4CC5(CCN(C)CC5)OC4=O)cc23)c(C)c1OC. The van der Waals surface area contributed by atoms with Gasteiger partial charge in [0.2, 0.25) is 0 Å². The molecule has 1 spiro atoms. The van der Waals surface area contributed by atoms with Crippen molar-refractivity contribution in [3.05, 3.63) is 41.7 Å². The van der Waals surface area contributed by atoms with Crippen LogP contribution in [0.25, 0.3) is 10.9 Å². The summed E-state index contributed by atoms with van der Waals surface area (Å²) in [7, 11) is 5.38. The van der Waals surface area contributed by atoms with Gasteiger partial charge in [0, 0.05) is 48.6 Å². The fourth-order valence-electron chi connectivity index (χ4n) is 5.21. The lowest BCUT2D eigenvalue weighted by Crippen LogP contribution is -2.45. The van der Waals surface area contributed by atoms with Gasteiger partial charge in [-0.05, 0) is 38.1 Å². The number of hydrogen-bond acceptors (Lipinski definition) is 8. The minimum Gasteiger partial charge on any atom is -0.496 e. The van der Waals surface area contributed by atoms with E-state index in [0.29, 0.717) is 29.3 Å². The average molecular weight is 492 g/mol. The van der Waals surface area contributed by atoms with Gasteiger partial charge in [-0.2, -0.15) is 0 Å². The summed E-state index contributed by atoms with van der Waals surface area (Å²) in [6.07, 6.45) is 3.68. The highest BCUT2D eigenvalue weighted by Crippen LogP contribution is 2.42. The second kappa shape index (κ2) is 9.46. The van der Waals surface area contributed by atoms with Crippen LogP contribution in [0.3, 0.4) is 0 Å². The number of methoxy groups -OCH3 is 2. The van der Waals surface area contributed by atoms with Crippen molar-refractivity contribution < 1.29 is 19.0 Å². The number of likely N-dealkylation sites (tertiary alicyclic amines) is 1. The van der Waals surface area contributed by atoms with E-state index in [1.165, 1.54) is 6.33 Å². The molecule has 2 aromatic carbocycles. The molecular formula is C27H33N5O4. The van der Waals surface area contributed by atoms with Crippen molar-refractivity contribution in [1.29, 1.82) is 0 Å². The Balaban J connectivity index is 1.54. The van der Waals surface area contributed by atoms with Gasteiger partial charge in [0.05, 0.1) is 32.0 Å². The molecule has 9 nitrogen and oxygen atoms in total. The number of nitrogens with one attached hydrogen (secondary N) is 1. The maximum absolute atomic E-state index is 13.1. The maximum atomic E-state index is 13.1. The summed E-state index contributed by atoms with van der Waals surface area (Å²) in [5.41, 5.74) is 3.95. The van der Waals surface area contributed by atoms with E-state index in [0.717, 1.165) is 60.3 Å². The molecule has 0 bridgehead atoms. The Hall–Kier alpha value is -3.59. The number of benzene rings is 2. The molecule has 3 heterocycles. The monoisotopic (exact) mass is 491 g/mol. The van der Waals surface area contributed by atoms with Gasteiger partial charge in [0.25, 0.3) is 0 Å². The lowest BCUT2D eigenvalue weighted by atomic mass is 9.91. The Morgan fingerprint density at radius 3 is 2.61 bits per heavy atom. The largest absolute Gasteiger partial charge is 0.496 e. The van der Waals surface area contributed by atoms with E-state index in [1.807, 2.05) is 25.1 Å². The number of carbonyl (C=O) groups is 1. The number of nitrogens with zero attached hydrogens (tertiary/aromatic N) is 4. The van der Waals surface area contributed by atoms with Gasteiger partial charge in [0.1, 0.15) is 29.2 Å². The quantitative estimate of drug-likeness (QED) is 0.532. The van der Waals surface area contributed by atoms with Crippen molar-refractivity contribution >= 4 is 34.2 Å². The number of aromatic nitrogens is 2. The number of fused-ring (bicyclic) bond motifs is 1. The Morgan fingerprint density at radius 1 is 1.14 bits per heavy atom. The van der Waals surface area contributed by atoms with Gasteiger partial charge in [-0.15, -0.1) is 0 Å². The summed E-state index contributed by atoms with van der Waals surface area (Å²) in [4.78, 5) is 26.0. The first-order valence-corrected chi connectivity index (χ1v) is 12.3. The van der Waals surface area contributed by atoms with Crippen LogP contribution < -0.4 is 19.7 Å². The zero-order valence-corrected chi connectivity index (χ0v) is 21.6. The summed E-state index contributed by atoms with van der Waals surface area (Å²) in [6, 6.07) is 7.86. The van der Waals surface area contributed by atoms with Crippen LogP contribution in [-0.2, 0) is 11.2 Å². The molecule has 0 saturated carbocycles. The third kappa shape index (κ3) is 4.17. The molecule has 0 atom stereocenters. The van der Waals surface area contributed by atoms with Crippen LogP contribution in [0.2, 0.25) is 0 Å². The number of carbonyl (C=O) groups excluding carboxylic acids is 1. The van der Waals surface area contributed by atoms with Crippen LogP contribution in [0.5, 0.6) is 11.5 Å². The van der Waals surface area contributed by atoms with Crippen LogP contribution in [-0.4, -0.2) is 67.5 Å². The van der Waals surface area contributed by atoms with Crippen molar-refractivity contribution in [2.24, 2.45) is 0 Å². The fourth-order valence-corrected chi connectivity index (χ4v) is 5.21. The third-order valence-corrected chi connectivity index (χ3v) is 7.42. The molecule has 2 aliphatic rings. The lowest BCUT2D eigenvalue weighted by Gasteiger charge is -2.35. The first-order chi connectivity index (χ1) is 17.4. The van der Waals surface area contributed by atoms with E-state index in [9.17, 15) is 4.79 Å². The van der Waals surface area contributed by atoms with E-state index in [1.54, 1.807) is 19.1 Å². The highest BCUT2D eigenvalue weighted by atomic mass is 16.6. The molecule has 1 amide bonds. The number of aryl methyl sites for hydroxylation is 1. The Bertz CT molecular complexity index is 1300. The minimum atomic E-state index is -0.466. The zero-order valence-electron chi connectivity index (χ0n) is 21.6. The zero-order chi connectivity index (χ0) is 25.4. The average Bonchev–Trinajstić information content (AvgIpc) is 3.21. The summed E-state index contributed by atoms with van der Waals surface area (Å²) in [5, 5.41) is 4.24. The van der Waals surface area contributed by atoms with Crippen molar-refractivity contribution in [2.45, 2.75) is 38.7 Å². The highest BCUT2D eigenvalue weighted by Gasteiger charge is 2.47. The second-order valence-corrected chi connectivity index (χ2v) is 9.61. The number of ether oxygens (including phenoxy) is 3. The van der Waals surface area contributed by atoms with E-state index < -0.39 is 5.60 Å². The normalized spacial score (nSPS) is 17.5. The van der Waals surface area contributed by atoms with E-state index in [4.69, 9.17) is 14.2 Å². The number of rotatable bonds is 6. The van der Waals surface area contributed by atoms with Gasteiger partial charge < -0.3 is 24.4 Å². The van der Waals surface area contributed by atoms with Crippen molar-refractivity contribution in [3.8, 4) is 11.5 Å². The molecule has 0 unspecified atom stereocenters. The fraction of sp³-hybridized carbons (Fsp3) is 0.444. The van der Waals surface area contributed by atoms with Crippen LogP contribution in [0, 0.1) is 6.92 Å². The van der Waals surface area contributed by atoms with Gasteiger partial charge in [-0.1, -0.05) is 13.0 Å². The van der Waals surface area contributed by atoms with Gasteiger partial charge in [-0.25, -0.2) is 14.8 Å². The number of piperidine rings is 1. The van der Waals surface area contributed by atoms with Crippen LogP contribution in [0.1, 0.15) is 30.9 Å². The molecular weight excluding hydrogens is 458 g/mol. The molecule has 5 rings (SSSR count). The number of amides is 1. The summed E-state index contributed by atoms with van der Waals surface area (Å²) < 4.78 is 17.3. The molecule has 190 valence electrons. The lowest BCUT2D eigenvalue weighted by molar-refractivity contribution is 0.00678. The molecule has 1 aromatic heterocycles. The van der Waals surface area contributed by atoms with Gasteiger partial charge in [-0.3, -0.25) is 4.90 Å². The van der Waals surface area contributed by atoms with Crippen molar-refractivity contribution in [2.75, 3.05) is 51.1 Å². The molecule has 3 aromatic rings. The molecule has 2 saturated heterocycles. The van der Waals surface area contributed by atoms with Crippen LogP contribution >= 0.6 is 0 Å². The first kappa shape index (κ1) is 24.1. The molecule has 9 heteroatoms. The molecule has 2 aliphatic heterocycles. The minimum absolute atomic E-state index is 0.348. The predicted molar refractivity (Wildman–Crippen MR) is 140 cm³/mol. The highest BCUT2D eigenvalue weighted by molar-refractivity contribution is 6.00. The molecule has 0 radical (unpaired) electrons. The Labute approximate surface area is 211 Å². The smallest absolute Gasteiger partial charge is 0.415 e. The summed E-state index contributed by atoms with van der Waals surface area (Å²) >= 11 is 0. The number of anilines is 3. The van der Waals surface area contributed by atoms with Crippen molar-refractivity contribution in [1.82, 2.24) is 14.9 Å². The van der Waals surface area contributed by atoms with Gasteiger partial charge in [0.15, 0.2) is 0 Å². The van der Waals surface area contributed by atoms with Crippen LogP contribution in [0.4, 0.5) is 22.0 Å². The molecule has 1 N–H and O–H groups in total. The summed E-state index contributed by atoms with van der Waals surface area (Å²) in [6.45, 7) is 6.43. The summed E-state index contributed by atoms with van der Waals surface area (Å²) in [5.74, 6) is 2.07. The van der Waals surface area contributed by atoms with Gasteiger partial charge >= 0.3 is 6.09 Å². The van der Waals surface area contributed by atoms with Crippen LogP contribution in [0.15, 0.2) is 30.6 Å². The second-order valence-electron chi connectivity index (χ2n) is 9.61. The molecule has 0 aliphatic carbocycles. The predicted octanol–water partition coefficient (Wildman–Crippen LogP) is 4.68. The Kier molecular flexibility index (Phi) is 6.34. The Morgan fingerprint density at radius 2 is 1.92 bits per heavy atom. The number of hydrogen-bond donors (Lipinski definition) is 1. The van der Waals surface area contributed by atoms with Crippen molar-refractivity contribution in [3.63, 3.8) is 0 Å². The van der Waals surface area contributed by atoms with E-state index in [-0.39, 0.29) is 6.09 Å². The molecule has 2 fully saturated rings. The van der Waals surface area contributed by atoms with E-state index >= 15 is 0 Å². The third-order valence-electron chi connectivity index (χ3n) is 7.42. The maximum Gasteiger partial charge on any atom is 0.415 e.